The zero-order chi connectivity index (χ0) is 21.4. The maximum absolute atomic E-state index is 5.80. The van der Waals surface area contributed by atoms with Crippen LogP contribution in [-0.2, 0) is 6.42 Å². The fourth-order valence-corrected chi connectivity index (χ4v) is 4.28. The molecule has 0 unspecified atom stereocenters. The molecule has 0 bridgehead atoms. The van der Waals surface area contributed by atoms with Crippen molar-refractivity contribution in [3.63, 3.8) is 0 Å². The van der Waals surface area contributed by atoms with Crippen molar-refractivity contribution in [1.29, 1.82) is 0 Å². The summed E-state index contributed by atoms with van der Waals surface area (Å²) >= 11 is 1.72. The fourth-order valence-electron chi connectivity index (χ4n) is 3.91. The monoisotopic (exact) mass is 407 g/mol. The lowest BCUT2D eigenvalue weighted by molar-refractivity contribution is 0.443. The van der Waals surface area contributed by atoms with Crippen molar-refractivity contribution >= 4 is 22.4 Å². The van der Waals surface area contributed by atoms with Crippen LogP contribution in [0.4, 0.5) is 5.69 Å². The van der Waals surface area contributed by atoms with E-state index in [0.29, 0.717) is 0 Å². The standard InChI is InChI=1S/C15H20S.C12H17N/c1-12(16-2)13-8-10-15(11-9-13)14-6-4-3-5-7-14;1-8(2)5-11-6-10(4)12(13)7-9(11)3/h8-11,14H,1,3-7H2,2H3;6-7H,1,5,13H2,2-4H3. The highest BCUT2D eigenvalue weighted by atomic mass is 32.2. The van der Waals surface area contributed by atoms with E-state index in [-0.39, 0.29) is 0 Å². The molecule has 0 radical (unpaired) electrons. The molecule has 0 atom stereocenters. The zero-order valence-corrected chi connectivity index (χ0v) is 19.5. The minimum Gasteiger partial charge on any atom is -0.399 e. The van der Waals surface area contributed by atoms with Gasteiger partial charge >= 0.3 is 0 Å². The summed E-state index contributed by atoms with van der Waals surface area (Å²) in [5.74, 6) is 0.811. The van der Waals surface area contributed by atoms with Crippen LogP contribution in [0.3, 0.4) is 0 Å². The van der Waals surface area contributed by atoms with Crippen molar-refractivity contribution < 1.29 is 0 Å². The lowest BCUT2D eigenvalue weighted by atomic mass is 9.84. The normalized spacial score (nSPS) is 14.1. The average Bonchev–Trinajstić information content (AvgIpc) is 2.72. The van der Waals surface area contributed by atoms with E-state index in [2.05, 4.69) is 56.7 Å². The Kier molecular flexibility index (Phi) is 9.10. The predicted molar refractivity (Wildman–Crippen MR) is 134 cm³/mol. The van der Waals surface area contributed by atoms with Crippen molar-refractivity contribution in [1.82, 2.24) is 0 Å². The van der Waals surface area contributed by atoms with Gasteiger partial charge in [-0.2, -0.15) is 0 Å². The van der Waals surface area contributed by atoms with Crippen LogP contribution in [0.5, 0.6) is 0 Å². The molecular formula is C27H37NS. The number of benzene rings is 2. The van der Waals surface area contributed by atoms with Gasteiger partial charge < -0.3 is 5.73 Å². The van der Waals surface area contributed by atoms with Crippen molar-refractivity contribution in [2.24, 2.45) is 0 Å². The number of thioether (sulfide) groups is 1. The predicted octanol–water partition coefficient (Wildman–Crippen LogP) is 8.07. The molecule has 3 rings (SSSR count). The van der Waals surface area contributed by atoms with Crippen LogP contribution in [0.25, 0.3) is 4.91 Å². The SMILES string of the molecule is C=C(C)Cc1cc(C)c(N)cc1C.C=C(SC)c1ccc(C2CCCCC2)cc1. The van der Waals surface area contributed by atoms with Crippen LogP contribution in [0, 0.1) is 13.8 Å². The number of allylic oxidation sites excluding steroid dienone is 1. The first-order valence-corrected chi connectivity index (χ1v) is 11.9. The largest absolute Gasteiger partial charge is 0.399 e. The Labute approximate surface area is 182 Å². The summed E-state index contributed by atoms with van der Waals surface area (Å²) in [5, 5.41) is 0. The second-order valence-corrected chi connectivity index (χ2v) is 9.25. The van der Waals surface area contributed by atoms with Gasteiger partial charge in [-0.1, -0.05) is 68.3 Å². The second kappa shape index (κ2) is 11.3. The first kappa shape index (κ1) is 23.3. The van der Waals surface area contributed by atoms with Gasteiger partial charge in [0.05, 0.1) is 0 Å². The molecule has 1 fully saturated rings. The number of hydrogen-bond donors (Lipinski definition) is 1. The van der Waals surface area contributed by atoms with Gasteiger partial charge in [0, 0.05) is 10.6 Å². The maximum Gasteiger partial charge on any atom is 0.0346 e. The molecule has 2 aromatic rings. The average molecular weight is 408 g/mol. The third-order valence-corrected chi connectivity index (χ3v) is 6.50. The van der Waals surface area contributed by atoms with E-state index in [0.717, 1.165) is 28.5 Å². The topological polar surface area (TPSA) is 26.0 Å². The summed E-state index contributed by atoms with van der Waals surface area (Å²) in [6, 6.07) is 13.2. The van der Waals surface area contributed by atoms with Crippen molar-refractivity contribution in [3.8, 4) is 0 Å². The van der Waals surface area contributed by atoms with Crippen molar-refractivity contribution in [2.45, 2.75) is 65.2 Å². The zero-order valence-electron chi connectivity index (χ0n) is 18.7. The summed E-state index contributed by atoms with van der Waals surface area (Å²) in [6.45, 7) is 14.1. The maximum atomic E-state index is 5.80. The number of rotatable bonds is 5. The molecule has 0 aliphatic heterocycles. The number of anilines is 1. The molecule has 2 aromatic carbocycles. The first-order valence-electron chi connectivity index (χ1n) is 10.6. The molecule has 1 aliphatic rings. The van der Waals surface area contributed by atoms with Crippen LogP contribution < -0.4 is 5.73 Å². The van der Waals surface area contributed by atoms with Crippen molar-refractivity contribution in [3.05, 3.63) is 82.9 Å². The lowest BCUT2D eigenvalue weighted by Crippen LogP contribution is -2.04. The van der Waals surface area contributed by atoms with Crippen molar-refractivity contribution in [2.75, 3.05) is 12.0 Å². The van der Waals surface area contributed by atoms with E-state index >= 15 is 0 Å². The van der Waals surface area contributed by atoms with E-state index in [1.807, 2.05) is 19.9 Å². The molecule has 156 valence electrons. The molecule has 29 heavy (non-hydrogen) atoms. The van der Waals surface area contributed by atoms with Gasteiger partial charge in [-0.15, -0.1) is 11.8 Å². The Morgan fingerprint density at radius 1 is 1.00 bits per heavy atom. The molecule has 1 saturated carbocycles. The summed E-state index contributed by atoms with van der Waals surface area (Å²) < 4.78 is 0. The third-order valence-electron chi connectivity index (χ3n) is 5.77. The summed E-state index contributed by atoms with van der Waals surface area (Å²) in [4.78, 5) is 1.16. The molecule has 2 heteroatoms. The third kappa shape index (κ3) is 7.12. The minimum absolute atomic E-state index is 0.811. The lowest BCUT2D eigenvalue weighted by Gasteiger charge is -2.22. The van der Waals surface area contributed by atoms with Gasteiger partial charge in [0.15, 0.2) is 0 Å². The Bertz CT molecular complexity index is 826. The Balaban J connectivity index is 0.000000212. The summed E-state index contributed by atoms with van der Waals surface area (Å²) in [6.07, 6.45) is 10.0. The molecule has 0 saturated heterocycles. The Morgan fingerprint density at radius 2 is 1.62 bits per heavy atom. The van der Waals surface area contributed by atoms with Crippen LogP contribution in [0.1, 0.15) is 72.8 Å². The van der Waals surface area contributed by atoms with Gasteiger partial charge in [0.25, 0.3) is 0 Å². The molecule has 1 aliphatic carbocycles. The van der Waals surface area contributed by atoms with Crippen LogP contribution >= 0.6 is 11.8 Å². The molecular weight excluding hydrogens is 370 g/mol. The highest BCUT2D eigenvalue weighted by Crippen LogP contribution is 2.33. The highest BCUT2D eigenvalue weighted by Gasteiger charge is 2.15. The molecule has 2 N–H and O–H groups in total. The molecule has 1 nitrogen and oxygen atoms in total. The summed E-state index contributed by atoms with van der Waals surface area (Å²) in [5.41, 5.74) is 14.4. The molecule has 0 spiro atoms. The van der Waals surface area contributed by atoms with E-state index in [1.54, 1.807) is 11.8 Å². The van der Waals surface area contributed by atoms with E-state index < -0.39 is 0 Å². The Hall–Kier alpha value is -1.93. The van der Waals surface area contributed by atoms with Crippen LogP contribution in [0.2, 0.25) is 0 Å². The number of nitrogens with two attached hydrogens (primary N) is 1. The molecule has 0 aromatic heterocycles. The van der Waals surface area contributed by atoms with Gasteiger partial charge in [-0.3, -0.25) is 0 Å². The Morgan fingerprint density at radius 3 is 2.17 bits per heavy atom. The van der Waals surface area contributed by atoms with Gasteiger partial charge in [-0.25, -0.2) is 0 Å². The van der Waals surface area contributed by atoms with E-state index in [1.165, 1.54) is 59.9 Å². The van der Waals surface area contributed by atoms with E-state index in [9.17, 15) is 0 Å². The number of aryl methyl sites for hydroxylation is 2. The molecule has 0 amide bonds. The number of hydrogen-bond acceptors (Lipinski definition) is 2. The summed E-state index contributed by atoms with van der Waals surface area (Å²) in [7, 11) is 0. The van der Waals surface area contributed by atoms with Gasteiger partial charge in [0.1, 0.15) is 0 Å². The second-order valence-electron chi connectivity index (χ2n) is 8.35. The van der Waals surface area contributed by atoms with Gasteiger partial charge in [-0.05, 0) is 86.1 Å². The fraction of sp³-hybridized carbons (Fsp3) is 0.407. The smallest absolute Gasteiger partial charge is 0.0346 e. The first-order chi connectivity index (χ1) is 13.8. The van der Waals surface area contributed by atoms with Gasteiger partial charge in [0.2, 0.25) is 0 Å². The molecule has 0 heterocycles. The number of nitrogen functional groups attached to an aromatic ring is 1. The van der Waals surface area contributed by atoms with E-state index in [4.69, 9.17) is 5.73 Å². The minimum atomic E-state index is 0.811. The highest BCUT2D eigenvalue weighted by molar-refractivity contribution is 8.07. The quantitative estimate of drug-likeness (QED) is 0.400. The van der Waals surface area contributed by atoms with Crippen LogP contribution in [0.15, 0.2) is 55.1 Å². The van der Waals surface area contributed by atoms with Crippen LogP contribution in [-0.4, -0.2) is 6.26 Å².